The number of aryl methyl sites for hydroxylation is 1. The maximum Gasteiger partial charge on any atom is 0.357 e. The molecule has 17 heavy (non-hydrogen) atoms. The Kier molecular flexibility index (Phi) is 1.94. The first kappa shape index (κ1) is 10.2. The van der Waals surface area contributed by atoms with Crippen LogP contribution in [0.5, 0.6) is 0 Å². The van der Waals surface area contributed by atoms with E-state index in [1.165, 1.54) is 4.68 Å². The molecule has 0 amide bonds. The van der Waals surface area contributed by atoms with Crippen molar-refractivity contribution in [3.05, 3.63) is 28.9 Å². The molecular weight excluding hydrogens is 242 g/mol. The molecule has 0 atom stereocenters. The summed E-state index contributed by atoms with van der Waals surface area (Å²) < 4.78 is 1.51. The third-order valence-electron chi connectivity index (χ3n) is 2.78. The number of nitrogens with zero attached hydrogens (tertiary/aromatic N) is 2. The lowest BCUT2D eigenvalue weighted by Crippen LogP contribution is -1.99. The molecule has 0 radical (unpaired) electrons. The van der Waals surface area contributed by atoms with E-state index >= 15 is 0 Å². The predicted molar refractivity (Wildman–Crippen MR) is 64.5 cm³/mol. The molecule has 0 saturated heterocycles. The number of hydrogen-bond acceptors (Lipinski definition) is 2. The van der Waals surface area contributed by atoms with Crippen molar-refractivity contribution in [2.75, 3.05) is 0 Å². The number of aromatic carboxylic acids is 1. The van der Waals surface area contributed by atoms with Gasteiger partial charge in [0.2, 0.25) is 0 Å². The number of aromatic amines is 1. The number of rotatable bonds is 1. The normalized spacial score (nSPS) is 11.4. The summed E-state index contributed by atoms with van der Waals surface area (Å²) in [4.78, 5) is 14.2. The Labute approximate surface area is 101 Å². The van der Waals surface area contributed by atoms with Gasteiger partial charge in [0.05, 0.1) is 15.9 Å². The Morgan fingerprint density at radius 2 is 2.29 bits per heavy atom. The number of hydrogen-bond donors (Lipinski definition) is 2. The lowest BCUT2D eigenvalue weighted by molar-refractivity contribution is 0.0691. The van der Waals surface area contributed by atoms with Gasteiger partial charge in [-0.15, -0.1) is 0 Å². The minimum absolute atomic E-state index is 0.0380. The van der Waals surface area contributed by atoms with Gasteiger partial charge in [0.25, 0.3) is 0 Å². The van der Waals surface area contributed by atoms with Gasteiger partial charge in [0, 0.05) is 12.4 Å². The second-order valence-corrected chi connectivity index (χ2v) is 4.20. The standard InChI is InChI=1S/C11H8ClN3O2/c1-15-10-7(9(14-15)11(16)17)5-3-2-4-6(12)8(5)13-10/h2-4,13H,1H3,(H,16,17). The Bertz CT molecular complexity index is 757. The van der Waals surface area contributed by atoms with E-state index < -0.39 is 5.97 Å². The molecule has 0 aliphatic rings. The topological polar surface area (TPSA) is 70.9 Å². The SMILES string of the molecule is Cn1nc(C(=O)O)c2c3cccc(Cl)c3[nH]c21. The molecule has 0 unspecified atom stereocenters. The zero-order chi connectivity index (χ0) is 12.2. The molecule has 0 saturated carbocycles. The summed E-state index contributed by atoms with van der Waals surface area (Å²) in [6, 6.07) is 5.37. The fraction of sp³-hybridized carbons (Fsp3) is 0.0909. The number of H-pyrrole nitrogens is 1. The van der Waals surface area contributed by atoms with Gasteiger partial charge in [-0.3, -0.25) is 4.68 Å². The Hall–Kier alpha value is -2.01. The zero-order valence-corrected chi connectivity index (χ0v) is 9.62. The highest BCUT2D eigenvalue weighted by Gasteiger charge is 2.20. The van der Waals surface area contributed by atoms with Gasteiger partial charge in [0.15, 0.2) is 5.69 Å². The maximum atomic E-state index is 11.1. The van der Waals surface area contributed by atoms with Gasteiger partial charge >= 0.3 is 5.97 Å². The summed E-state index contributed by atoms with van der Waals surface area (Å²) in [7, 11) is 1.69. The largest absolute Gasteiger partial charge is 0.476 e. The quantitative estimate of drug-likeness (QED) is 0.696. The van der Waals surface area contributed by atoms with Crippen molar-refractivity contribution >= 4 is 39.5 Å². The predicted octanol–water partition coefficient (Wildman–Crippen LogP) is 2.41. The van der Waals surface area contributed by atoms with Gasteiger partial charge in [-0.05, 0) is 6.07 Å². The molecule has 1 aromatic carbocycles. The number of para-hydroxylation sites is 1. The highest BCUT2D eigenvalue weighted by atomic mass is 35.5. The molecule has 0 bridgehead atoms. The van der Waals surface area contributed by atoms with Crippen LogP contribution < -0.4 is 0 Å². The lowest BCUT2D eigenvalue weighted by atomic mass is 10.2. The van der Waals surface area contributed by atoms with Crippen molar-refractivity contribution in [1.29, 1.82) is 0 Å². The fourth-order valence-corrected chi connectivity index (χ4v) is 2.27. The Balaban J connectivity index is 2.59. The molecule has 0 fully saturated rings. The molecule has 3 rings (SSSR count). The first-order valence-corrected chi connectivity index (χ1v) is 5.33. The van der Waals surface area contributed by atoms with Crippen LogP contribution >= 0.6 is 11.6 Å². The van der Waals surface area contributed by atoms with Gasteiger partial charge in [0.1, 0.15) is 5.65 Å². The lowest BCUT2D eigenvalue weighted by Gasteiger charge is -1.94. The number of carboxylic acid groups (broad SMARTS) is 1. The van der Waals surface area contributed by atoms with Crippen molar-refractivity contribution in [2.24, 2.45) is 7.05 Å². The smallest absolute Gasteiger partial charge is 0.357 e. The molecule has 2 N–H and O–H groups in total. The number of carbonyl (C=O) groups is 1. The van der Waals surface area contributed by atoms with Crippen LogP contribution in [0, 0.1) is 0 Å². The van der Waals surface area contributed by atoms with Crippen LogP contribution in [0.4, 0.5) is 0 Å². The van der Waals surface area contributed by atoms with Crippen molar-refractivity contribution < 1.29 is 9.90 Å². The third-order valence-corrected chi connectivity index (χ3v) is 3.09. The second kappa shape index (κ2) is 3.24. The summed E-state index contributed by atoms with van der Waals surface area (Å²) in [6.45, 7) is 0. The summed E-state index contributed by atoms with van der Waals surface area (Å²) in [5.41, 5.74) is 1.43. The average molecular weight is 250 g/mol. The van der Waals surface area contributed by atoms with Gasteiger partial charge in [-0.25, -0.2) is 4.79 Å². The highest BCUT2D eigenvalue weighted by Crippen LogP contribution is 2.31. The average Bonchev–Trinajstić information content (AvgIpc) is 2.79. The highest BCUT2D eigenvalue weighted by molar-refractivity contribution is 6.36. The number of halogens is 1. The third kappa shape index (κ3) is 1.26. The molecule has 3 aromatic rings. The van der Waals surface area contributed by atoms with Crippen LogP contribution in [0.3, 0.4) is 0 Å². The number of nitrogens with one attached hydrogen (secondary N) is 1. The van der Waals surface area contributed by atoms with Crippen molar-refractivity contribution in [3.63, 3.8) is 0 Å². The maximum absolute atomic E-state index is 11.1. The van der Waals surface area contributed by atoms with Crippen LogP contribution in [-0.4, -0.2) is 25.8 Å². The number of fused-ring (bicyclic) bond motifs is 3. The molecule has 5 nitrogen and oxygen atoms in total. The van der Waals surface area contributed by atoms with Crippen molar-refractivity contribution in [1.82, 2.24) is 14.8 Å². The van der Waals surface area contributed by atoms with Gasteiger partial charge in [-0.2, -0.15) is 5.10 Å². The number of aromatic nitrogens is 3. The molecule has 6 heteroatoms. The van der Waals surface area contributed by atoms with Gasteiger partial charge in [-0.1, -0.05) is 23.7 Å². The first-order valence-electron chi connectivity index (χ1n) is 4.96. The first-order chi connectivity index (χ1) is 8.09. The Morgan fingerprint density at radius 3 is 3.00 bits per heavy atom. The van der Waals surface area contributed by atoms with E-state index in [2.05, 4.69) is 10.1 Å². The van der Waals surface area contributed by atoms with E-state index in [4.69, 9.17) is 16.7 Å². The summed E-state index contributed by atoms with van der Waals surface area (Å²) in [5, 5.41) is 15.0. The monoisotopic (exact) mass is 249 g/mol. The fourth-order valence-electron chi connectivity index (χ4n) is 2.05. The van der Waals surface area contributed by atoms with E-state index in [1.54, 1.807) is 19.2 Å². The molecule has 0 aliphatic heterocycles. The molecule has 2 heterocycles. The van der Waals surface area contributed by atoms with Crippen LogP contribution in [0.25, 0.3) is 21.9 Å². The summed E-state index contributed by atoms with van der Waals surface area (Å²) >= 11 is 6.06. The number of carboxylic acids is 1. The molecule has 2 aromatic heterocycles. The van der Waals surface area contributed by atoms with Crippen molar-refractivity contribution in [3.8, 4) is 0 Å². The minimum atomic E-state index is -1.04. The van der Waals surface area contributed by atoms with E-state index in [-0.39, 0.29) is 5.69 Å². The van der Waals surface area contributed by atoms with Crippen LogP contribution in [-0.2, 0) is 7.05 Å². The van der Waals surface area contributed by atoms with E-state index in [0.717, 1.165) is 10.9 Å². The zero-order valence-electron chi connectivity index (χ0n) is 8.86. The van der Waals surface area contributed by atoms with Crippen molar-refractivity contribution in [2.45, 2.75) is 0 Å². The van der Waals surface area contributed by atoms with E-state index in [9.17, 15) is 4.79 Å². The molecule has 86 valence electrons. The van der Waals surface area contributed by atoms with Crippen LogP contribution in [0.1, 0.15) is 10.5 Å². The summed E-state index contributed by atoms with van der Waals surface area (Å²) in [5.74, 6) is -1.04. The van der Waals surface area contributed by atoms with E-state index in [1.807, 2.05) is 6.07 Å². The Morgan fingerprint density at radius 1 is 1.53 bits per heavy atom. The van der Waals surface area contributed by atoms with Gasteiger partial charge < -0.3 is 10.1 Å². The number of benzene rings is 1. The van der Waals surface area contributed by atoms with E-state index in [0.29, 0.717) is 16.1 Å². The summed E-state index contributed by atoms with van der Waals surface area (Å²) in [6.07, 6.45) is 0. The molecule has 0 spiro atoms. The van der Waals surface area contributed by atoms with Crippen LogP contribution in [0.2, 0.25) is 5.02 Å². The molecular formula is C11H8ClN3O2. The second-order valence-electron chi connectivity index (χ2n) is 3.79. The molecule has 0 aliphatic carbocycles. The minimum Gasteiger partial charge on any atom is -0.476 e. The van der Waals surface area contributed by atoms with Crippen LogP contribution in [0.15, 0.2) is 18.2 Å².